The summed E-state index contributed by atoms with van der Waals surface area (Å²) in [6, 6.07) is 20.5. The molecule has 1 saturated heterocycles. The van der Waals surface area contributed by atoms with Crippen LogP contribution in [0.4, 0.5) is 0 Å². The molecule has 1 amide bonds. The summed E-state index contributed by atoms with van der Waals surface area (Å²) in [5.41, 5.74) is 2.30. The maximum Gasteiger partial charge on any atom is 0.226 e. The van der Waals surface area contributed by atoms with Crippen molar-refractivity contribution in [3.05, 3.63) is 84.4 Å². The minimum atomic E-state index is -0.0798. The van der Waals surface area contributed by atoms with Crippen LogP contribution in [-0.2, 0) is 27.5 Å². The van der Waals surface area contributed by atoms with Crippen LogP contribution in [0.2, 0.25) is 0 Å². The van der Waals surface area contributed by atoms with Gasteiger partial charge >= 0.3 is 0 Å². The molecule has 166 valence electrons. The molecule has 0 N–H and O–H groups in total. The molecule has 0 unspecified atom stereocenters. The average molecular weight is 422 g/mol. The molecule has 0 radical (unpaired) electrons. The lowest BCUT2D eigenvalue weighted by Crippen LogP contribution is -2.55. The average Bonchev–Trinajstić information content (AvgIpc) is 2.80. The van der Waals surface area contributed by atoms with Crippen molar-refractivity contribution in [3.8, 4) is 0 Å². The van der Waals surface area contributed by atoms with Gasteiger partial charge in [-0.2, -0.15) is 0 Å². The number of carbonyl (C=O) groups excluding carboxylic acids is 1. The summed E-state index contributed by atoms with van der Waals surface area (Å²) in [4.78, 5) is 15.4. The first-order valence-corrected chi connectivity index (χ1v) is 11.4. The number of hydrogen-bond donors (Lipinski definition) is 0. The van der Waals surface area contributed by atoms with Crippen molar-refractivity contribution in [2.75, 3.05) is 13.2 Å². The molecule has 4 nitrogen and oxygen atoms in total. The molecule has 2 aromatic rings. The molecule has 0 bridgehead atoms. The van der Waals surface area contributed by atoms with Gasteiger partial charge in [0.05, 0.1) is 38.5 Å². The molecule has 3 rings (SSSR count). The molecule has 1 heterocycles. The summed E-state index contributed by atoms with van der Waals surface area (Å²) in [6.45, 7) is 8.04. The van der Waals surface area contributed by atoms with E-state index < -0.39 is 0 Å². The highest BCUT2D eigenvalue weighted by molar-refractivity contribution is 5.79. The fourth-order valence-electron chi connectivity index (χ4n) is 4.23. The Bertz CT molecular complexity index is 739. The van der Waals surface area contributed by atoms with E-state index in [0.717, 1.165) is 30.4 Å². The van der Waals surface area contributed by atoms with Crippen molar-refractivity contribution in [1.82, 2.24) is 4.90 Å². The molecule has 0 aromatic heterocycles. The van der Waals surface area contributed by atoms with Crippen molar-refractivity contribution < 1.29 is 14.3 Å². The van der Waals surface area contributed by atoms with Crippen LogP contribution in [0.5, 0.6) is 0 Å². The molecule has 1 fully saturated rings. The van der Waals surface area contributed by atoms with Gasteiger partial charge in [0.15, 0.2) is 0 Å². The van der Waals surface area contributed by atoms with E-state index in [4.69, 9.17) is 9.47 Å². The first kappa shape index (κ1) is 23.2. The van der Waals surface area contributed by atoms with Gasteiger partial charge in [-0.1, -0.05) is 73.7 Å². The maximum absolute atomic E-state index is 13.3. The van der Waals surface area contributed by atoms with E-state index >= 15 is 0 Å². The Balaban J connectivity index is 1.62. The zero-order valence-corrected chi connectivity index (χ0v) is 18.6. The monoisotopic (exact) mass is 421 g/mol. The lowest BCUT2D eigenvalue weighted by atomic mass is 9.93. The first-order valence-electron chi connectivity index (χ1n) is 11.4. The highest BCUT2D eigenvalue weighted by Gasteiger charge is 2.36. The molecule has 0 spiro atoms. The number of benzene rings is 2. The quantitative estimate of drug-likeness (QED) is 0.457. The van der Waals surface area contributed by atoms with Gasteiger partial charge in [0, 0.05) is 5.92 Å². The van der Waals surface area contributed by atoms with Crippen molar-refractivity contribution in [3.63, 3.8) is 0 Å². The Morgan fingerprint density at radius 1 is 0.968 bits per heavy atom. The second-order valence-electron chi connectivity index (χ2n) is 8.41. The second kappa shape index (κ2) is 12.4. The minimum absolute atomic E-state index is 0.0798. The highest BCUT2D eigenvalue weighted by atomic mass is 16.5. The van der Waals surface area contributed by atoms with Gasteiger partial charge in [-0.15, -0.1) is 6.58 Å². The van der Waals surface area contributed by atoms with Gasteiger partial charge < -0.3 is 14.4 Å². The third-order valence-corrected chi connectivity index (χ3v) is 5.90. The molecular formula is C27H35NO3. The molecule has 1 aliphatic rings. The maximum atomic E-state index is 13.3. The molecule has 1 aliphatic heterocycles. The van der Waals surface area contributed by atoms with Crippen molar-refractivity contribution in [2.45, 2.75) is 57.9 Å². The summed E-state index contributed by atoms with van der Waals surface area (Å²) in [6.07, 6.45) is 5.53. The number of likely N-dealkylation sites (tertiary alicyclic amines) is 1. The Morgan fingerprint density at radius 3 is 1.90 bits per heavy atom. The van der Waals surface area contributed by atoms with Crippen LogP contribution in [0.25, 0.3) is 0 Å². The Labute approximate surface area is 186 Å². The Hall–Kier alpha value is -2.43. The standard InChI is InChI=1S/C27H35NO3/c1-3-11-22(2)27(29)28-25(20-30-18-23-12-6-4-7-13-23)16-10-17-26(28)21-31-19-24-14-8-5-9-15-24/h3-9,12-15,22,25-26H,1,10-11,16-21H2,2H3/t22-,25-,26-/m1/s1. The molecule has 2 aromatic carbocycles. The largest absolute Gasteiger partial charge is 0.375 e. The number of rotatable bonds is 11. The van der Waals surface area contributed by atoms with Crippen LogP contribution < -0.4 is 0 Å². The van der Waals surface area contributed by atoms with E-state index in [0.29, 0.717) is 32.8 Å². The summed E-state index contributed by atoms with van der Waals surface area (Å²) >= 11 is 0. The van der Waals surface area contributed by atoms with Gasteiger partial charge in [0.2, 0.25) is 5.91 Å². The zero-order valence-electron chi connectivity index (χ0n) is 18.6. The second-order valence-corrected chi connectivity index (χ2v) is 8.41. The summed E-state index contributed by atoms with van der Waals surface area (Å²) in [7, 11) is 0. The number of ether oxygens (including phenoxy) is 2. The third-order valence-electron chi connectivity index (χ3n) is 5.90. The van der Waals surface area contributed by atoms with E-state index in [-0.39, 0.29) is 23.9 Å². The van der Waals surface area contributed by atoms with Crippen LogP contribution in [0, 0.1) is 5.92 Å². The first-order chi connectivity index (χ1) is 15.2. The fourth-order valence-corrected chi connectivity index (χ4v) is 4.23. The number of nitrogens with zero attached hydrogens (tertiary/aromatic N) is 1. The van der Waals surface area contributed by atoms with E-state index in [1.807, 2.05) is 49.4 Å². The lowest BCUT2D eigenvalue weighted by Gasteiger charge is -2.43. The van der Waals surface area contributed by atoms with Crippen LogP contribution in [0.15, 0.2) is 73.3 Å². The van der Waals surface area contributed by atoms with Gasteiger partial charge in [-0.3, -0.25) is 4.79 Å². The van der Waals surface area contributed by atoms with E-state index in [1.165, 1.54) is 0 Å². The molecule has 3 atom stereocenters. The molecule has 0 aliphatic carbocycles. The zero-order chi connectivity index (χ0) is 21.9. The molecule has 4 heteroatoms. The van der Waals surface area contributed by atoms with Gasteiger partial charge in [0.25, 0.3) is 0 Å². The number of allylic oxidation sites excluding steroid dienone is 1. The number of carbonyl (C=O) groups is 1. The highest BCUT2D eigenvalue weighted by Crippen LogP contribution is 2.27. The predicted molar refractivity (Wildman–Crippen MR) is 124 cm³/mol. The summed E-state index contributed by atoms with van der Waals surface area (Å²) in [5, 5.41) is 0. The van der Waals surface area contributed by atoms with Crippen molar-refractivity contribution in [2.24, 2.45) is 5.92 Å². The third kappa shape index (κ3) is 7.05. The summed E-state index contributed by atoms with van der Waals surface area (Å²) < 4.78 is 12.1. The number of piperidine rings is 1. The molecule has 0 saturated carbocycles. The van der Waals surface area contributed by atoms with E-state index in [2.05, 4.69) is 35.7 Å². The normalized spacial score (nSPS) is 19.7. The van der Waals surface area contributed by atoms with Crippen molar-refractivity contribution in [1.29, 1.82) is 0 Å². The Kier molecular flexibility index (Phi) is 9.32. The van der Waals surface area contributed by atoms with Crippen LogP contribution in [0.3, 0.4) is 0 Å². The smallest absolute Gasteiger partial charge is 0.226 e. The molecular weight excluding hydrogens is 386 g/mol. The van der Waals surface area contributed by atoms with Crippen LogP contribution in [-0.4, -0.2) is 36.1 Å². The molecule has 31 heavy (non-hydrogen) atoms. The van der Waals surface area contributed by atoms with Gasteiger partial charge in [-0.05, 0) is 36.8 Å². The van der Waals surface area contributed by atoms with E-state index in [1.54, 1.807) is 0 Å². The van der Waals surface area contributed by atoms with Crippen LogP contribution in [0.1, 0.15) is 43.7 Å². The van der Waals surface area contributed by atoms with Gasteiger partial charge in [0.1, 0.15) is 0 Å². The number of hydrogen-bond acceptors (Lipinski definition) is 3. The summed E-state index contributed by atoms with van der Waals surface area (Å²) in [5.74, 6) is 0.102. The SMILES string of the molecule is C=CC[C@@H](C)C(=O)N1[C@@H](COCc2ccccc2)CCC[C@@H]1COCc1ccccc1. The van der Waals surface area contributed by atoms with E-state index in [9.17, 15) is 4.79 Å². The number of amides is 1. The lowest BCUT2D eigenvalue weighted by molar-refractivity contribution is -0.147. The van der Waals surface area contributed by atoms with Crippen LogP contribution >= 0.6 is 0 Å². The Morgan fingerprint density at radius 2 is 1.45 bits per heavy atom. The fraction of sp³-hybridized carbons (Fsp3) is 0.444. The van der Waals surface area contributed by atoms with Crippen molar-refractivity contribution >= 4 is 5.91 Å². The topological polar surface area (TPSA) is 38.8 Å². The minimum Gasteiger partial charge on any atom is -0.375 e. The predicted octanol–water partition coefficient (Wildman–Crippen LogP) is 5.38. The van der Waals surface area contributed by atoms with Gasteiger partial charge in [-0.25, -0.2) is 0 Å².